The van der Waals surface area contributed by atoms with Gasteiger partial charge >= 0.3 is 18.2 Å². The Bertz CT molecular complexity index is 593. The highest BCUT2D eigenvalue weighted by Gasteiger charge is 2.20. The molecule has 0 saturated carbocycles. The Morgan fingerprint density at radius 3 is 2.37 bits per heavy atom. The highest BCUT2D eigenvalue weighted by atomic mass is 16.7. The summed E-state index contributed by atoms with van der Waals surface area (Å²) in [7, 11) is 0. The smallest absolute Gasteiger partial charge is 0.431 e. The van der Waals surface area contributed by atoms with Crippen LogP contribution in [0.4, 0.5) is 9.59 Å². The molecule has 1 aromatic rings. The number of carboxylic acids is 1. The summed E-state index contributed by atoms with van der Waals surface area (Å²) in [6.07, 6.45) is -2.26. The minimum absolute atomic E-state index is 0.00529. The first kappa shape index (κ1) is 22.2. The maximum absolute atomic E-state index is 11.6. The molecule has 0 unspecified atom stereocenters. The zero-order chi connectivity index (χ0) is 20.1. The summed E-state index contributed by atoms with van der Waals surface area (Å²) in [5, 5.41) is 11.5. The first-order valence-electron chi connectivity index (χ1n) is 8.64. The van der Waals surface area contributed by atoms with Gasteiger partial charge in [0.2, 0.25) is 0 Å². The van der Waals surface area contributed by atoms with Crippen LogP contribution in [0.3, 0.4) is 0 Å². The molecule has 9 heteroatoms. The maximum Gasteiger partial charge on any atom is 0.431 e. The molecule has 0 radical (unpaired) electrons. The van der Waals surface area contributed by atoms with E-state index in [9.17, 15) is 14.4 Å². The molecule has 0 fully saturated rings. The first-order valence-corrected chi connectivity index (χ1v) is 8.64. The molecule has 1 atom stereocenters. The van der Waals surface area contributed by atoms with Crippen LogP contribution in [0, 0.1) is 5.92 Å². The standard InChI is InChI=1S/C18H26N2O7/c1-13(2)9-11-25-18(24)20-27-15(16(21)22)8-10-19-17(23)26-12-14-6-4-3-5-7-14/h3-7,13,15H,8-12H2,1-2H3,(H,19,23)(H,20,24)(H,21,22)/t15-/m1/s1. The molecule has 0 aromatic heterocycles. The Morgan fingerprint density at radius 1 is 1.04 bits per heavy atom. The molecule has 150 valence electrons. The van der Waals surface area contributed by atoms with Gasteiger partial charge in [-0.05, 0) is 17.9 Å². The van der Waals surface area contributed by atoms with Gasteiger partial charge in [0, 0.05) is 13.0 Å². The van der Waals surface area contributed by atoms with Gasteiger partial charge in [0.15, 0.2) is 6.10 Å². The number of benzene rings is 1. The molecule has 0 aliphatic heterocycles. The largest absolute Gasteiger partial charge is 0.479 e. The third-order valence-corrected chi connectivity index (χ3v) is 3.38. The average Bonchev–Trinajstić information content (AvgIpc) is 2.63. The van der Waals surface area contributed by atoms with Crippen molar-refractivity contribution >= 4 is 18.2 Å². The van der Waals surface area contributed by atoms with Crippen LogP contribution in [0.5, 0.6) is 0 Å². The van der Waals surface area contributed by atoms with Gasteiger partial charge in [-0.1, -0.05) is 44.2 Å². The molecule has 0 aliphatic carbocycles. The van der Waals surface area contributed by atoms with E-state index in [2.05, 4.69) is 5.32 Å². The van der Waals surface area contributed by atoms with E-state index in [1.165, 1.54) is 0 Å². The van der Waals surface area contributed by atoms with Crippen molar-refractivity contribution in [1.82, 2.24) is 10.8 Å². The fraction of sp³-hybridized carbons (Fsp3) is 0.500. The summed E-state index contributed by atoms with van der Waals surface area (Å²) in [6, 6.07) is 9.13. The van der Waals surface area contributed by atoms with Crippen LogP contribution < -0.4 is 10.8 Å². The molecule has 0 heterocycles. The van der Waals surface area contributed by atoms with Gasteiger partial charge in [0.1, 0.15) is 6.61 Å². The van der Waals surface area contributed by atoms with Crippen molar-refractivity contribution in [3.05, 3.63) is 35.9 Å². The lowest BCUT2D eigenvalue weighted by atomic mass is 10.1. The first-order chi connectivity index (χ1) is 12.9. The van der Waals surface area contributed by atoms with E-state index in [0.29, 0.717) is 12.3 Å². The molecule has 0 saturated heterocycles. The number of amides is 2. The quantitative estimate of drug-likeness (QED) is 0.502. The topological polar surface area (TPSA) is 123 Å². The maximum atomic E-state index is 11.6. The molecule has 9 nitrogen and oxygen atoms in total. The summed E-state index contributed by atoms with van der Waals surface area (Å²) >= 11 is 0. The van der Waals surface area contributed by atoms with Crippen molar-refractivity contribution in [1.29, 1.82) is 0 Å². The number of hydrogen-bond acceptors (Lipinski definition) is 6. The zero-order valence-corrected chi connectivity index (χ0v) is 15.5. The van der Waals surface area contributed by atoms with E-state index in [-0.39, 0.29) is 26.2 Å². The molecule has 0 spiro atoms. The van der Waals surface area contributed by atoms with E-state index >= 15 is 0 Å². The van der Waals surface area contributed by atoms with E-state index in [0.717, 1.165) is 5.56 Å². The number of ether oxygens (including phenoxy) is 2. The number of rotatable bonds is 11. The Hall–Kier alpha value is -2.81. The van der Waals surface area contributed by atoms with Crippen LogP contribution in [-0.2, 0) is 25.7 Å². The van der Waals surface area contributed by atoms with Crippen LogP contribution in [-0.4, -0.2) is 42.5 Å². The second-order valence-electron chi connectivity index (χ2n) is 6.14. The average molecular weight is 382 g/mol. The molecule has 2 amide bonds. The summed E-state index contributed by atoms with van der Waals surface area (Å²) in [5.41, 5.74) is 2.77. The third-order valence-electron chi connectivity index (χ3n) is 3.38. The summed E-state index contributed by atoms with van der Waals surface area (Å²) in [6.45, 7) is 4.27. The van der Waals surface area contributed by atoms with Crippen molar-refractivity contribution in [2.24, 2.45) is 5.92 Å². The lowest BCUT2D eigenvalue weighted by molar-refractivity contribution is -0.155. The monoisotopic (exact) mass is 382 g/mol. The fourth-order valence-electron chi connectivity index (χ4n) is 1.85. The summed E-state index contributed by atoms with van der Waals surface area (Å²) in [4.78, 5) is 39.0. The van der Waals surface area contributed by atoms with Crippen LogP contribution >= 0.6 is 0 Å². The van der Waals surface area contributed by atoms with E-state index < -0.39 is 24.3 Å². The number of hydrogen-bond donors (Lipinski definition) is 3. The van der Waals surface area contributed by atoms with Crippen molar-refractivity contribution in [3.63, 3.8) is 0 Å². The van der Waals surface area contributed by atoms with Crippen LogP contribution in [0.15, 0.2) is 30.3 Å². The number of nitrogens with one attached hydrogen (secondary N) is 2. The van der Waals surface area contributed by atoms with Gasteiger partial charge in [-0.25, -0.2) is 14.4 Å². The molecule has 3 N–H and O–H groups in total. The highest BCUT2D eigenvalue weighted by Crippen LogP contribution is 2.02. The minimum atomic E-state index is -1.34. The van der Waals surface area contributed by atoms with E-state index in [1.807, 2.05) is 49.7 Å². The number of carboxylic acid groups (broad SMARTS) is 1. The summed E-state index contributed by atoms with van der Waals surface area (Å²) in [5.74, 6) is -0.907. The van der Waals surface area contributed by atoms with Gasteiger partial charge in [-0.2, -0.15) is 5.48 Å². The minimum Gasteiger partial charge on any atom is -0.479 e. The lowest BCUT2D eigenvalue weighted by Crippen LogP contribution is -2.37. The Morgan fingerprint density at radius 2 is 1.74 bits per heavy atom. The number of alkyl carbamates (subject to hydrolysis) is 1. The Balaban J connectivity index is 2.22. The van der Waals surface area contributed by atoms with Gasteiger partial charge < -0.3 is 19.9 Å². The molecule has 1 rings (SSSR count). The molecule has 0 aliphatic rings. The van der Waals surface area contributed by atoms with Gasteiger partial charge in [-0.15, -0.1) is 0 Å². The fourth-order valence-corrected chi connectivity index (χ4v) is 1.85. The van der Waals surface area contributed by atoms with Gasteiger partial charge in [-0.3, -0.25) is 4.84 Å². The second-order valence-corrected chi connectivity index (χ2v) is 6.14. The van der Waals surface area contributed by atoms with Gasteiger partial charge in [0.25, 0.3) is 0 Å². The summed E-state index contributed by atoms with van der Waals surface area (Å²) < 4.78 is 9.85. The van der Waals surface area contributed by atoms with Crippen LogP contribution in [0.25, 0.3) is 0 Å². The molecular formula is C18H26N2O7. The highest BCUT2D eigenvalue weighted by molar-refractivity contribution is 5.73. The normalized spacial score (nSPS) is 11.5. The second kappa shape index (κ2) is 12.5. The van der Waals surface area contributed by atoms with E-state index in [4.69, 9.17) is 19.4 Å². The van der Waals surface area contributed by atoms with Crippen molar-refractivity contribution < 1.29 is 33.8 Å². The predicted molar refractivity (Wildman–Crippen MR) is 95.7 cm³/mol. The number of aliphatic carboxylic acids is 1. The third kappa shape index (κ3) is 10.7. The number of carbonyl (C=O) groups is 3. The van der Waals surface area contributed by atoms with Crippen molar-refractivity contribution in [3.8, 4) is 0 Å². The SMILES string of the molecule is CC(C)CCOC(=O)NO[C@H](CCNC(=O)OCc1ccccc1)C(=O)O. The predicted octanol–water partition coefficient (Wildman–Crippen LogP) is 2.46. The zero-order valence-electron chi connectivity index (χ0n) is 15.5. The van der Waals surface area contributed by atoms with Crippen LogP contribution in [0.1, 0.15) is 32.3 Å². The molecule has 27 heavy (non-hydrogen) atoms. The van der Waals surface area contributed by atoms with Crippen molar-refractivity contribution in [2.75, 3.05) is 13.2 Å². The lowest BCUT2D eigenvalue weighted by Gasteiger charge is -2.14. The van der Waals surface area contributed by atoms with Gasteiger partial charge in [0.05, 0.1) is 6.61 Å². The molecular weight excluding hydrogens is 356 g/mol. The molecule has 0 bridgehead atoms. The Labute approximate surface area is 157 Å². The Kier molecular flexibility index (Phi) is 10.3. The molecule has 1 aromatic carbocycles. The van der Waals surface area contributed by atoms with Crippen molar-refractivity contribution in [2.45, 2.75) is 39.4 Å². The number of hydroxylamine groups is 1. The van der Waals surface area contributed by atoms with Crippen LogP contribution in [0.2, 0.25) is 0 Å². The number of carbonyl (C=O) groups excluding carboxylic acids is 2. The van der Waals surface area contributed by atoms with E-state index in [1.54, 1.807) is 0 Å².